The van der Waals surface area contributed by atoms with Crippen LogP contribution in [-0.2, 0) is 0 Å². The van der Waals surface area contributed by atoms with Crippen LogP contribution in [0.4, 0.5) is 11.5 Å². The van der Waals surface area contributed by atoms with Gasteiger partial charge < -0.3 is 10.1 Å². The molecule has 0 aliphatic carbocycles. The van der Waals surface area contributed by atoms with Crippen LogP contribution in [0, 0.1) is 6.92 Å². The highest BCUT2D eigenvalue weighted by Crippen LogP contribution is 2.41. The van der Waals surface area contributed by atoms with Gasteiger partial charge in [0.2, 0.25) is 0 Å². The number of hydrogen-bond donors (Lipinski definition) is 1. The number of aryl methyl sites for hydroxylation is 1. The Morgan fingerprint density at radius 2 is 1.93 bits per heavy atom. The van der Waals surface area contributed by atoms with E-state index in [9.17, 15) is 0 Å². The number of fused-ring (bicyclic) bond motifs is 1. The predicted molar refractivity (Wildman–Crippen MR) is 120 cm³/mol. The molecule has 0 unspecified atom stereocenters. The van der Waals surface area contributed by atoms with Gasteiger partial charge in [-0.1, -0.05) is 18.2 Å². The molecular formula is C22H21N3OS2. The van der Waals surface area contributed by atoms with E-state index in [1.165, 1.54) is 15.3 Å². The predicted octanol–water partition coefficient (Wildman–Crippen LogP) is 6.53. The summed E-state index contributed by atoms with van der Waals surface area (Å²) in [7, 11) is 0. The number of benzene rings is 2. The lowest BCUT2D eigenvalue weighted by Gasteiger charge is -2.10. The van der Waals surface area contributed by atoms with Gasteiger partial charge in [0.05, 0.1) is 12.0 Å². The first-order valence-electron chi connectivity index (χ1n) is 9.08. The molecule has 0 aliphatic heterocycles. The minimum Gasteiger partial charge on any atom is -0.494 e. The maximum Gasteiger partial charge on any atom is 0.143 e. The standard InChI is InChI=1S/C22H21N3OS2/c1-4-26-17-10-8-15(9-11-17)19-14(2)28-22-20(19)21(23-13-24-22)25-16-6-5-7-18(12-16)27-3/h5-13H,4H2,1-3H3,(H,23,24,25). The summed E-state index contributed by atoms with van der Waals surface area (Å²) >= 11 is 3.42. The number of nitrogens with one attached hydrogen (secondary N) is 1. The van der Waals surface area contributed by atoms with Crippen LogP contribution in [0.1, 0.15) is 11.8 Å². The van der Waals surface area contributed by atoms with E-state index in [4.69, 9.17) is 4.74 Å². The molecule has 2 heterocycles. The van der Waals surface area contributed by atoms with Gasteiger partial charge in [-0.15, -0.1) is 23.1 Å². The van der Waals surface area contributed by atoms with Crippen molar-refractivity contribution >= 4 is 44.8 Å². The molecule has 0 atom stereocenters. The molecule has 6 heteroatoms. The molecule has 2 aromatic carbocycles. The fraction of sp³-hybridized carbons (Fsp3) is 0.182. The third-order valence-electron chi connectivity index (χ3n) is 4.45. The number of anilines is 2. The van der Waals surface area contributed by atoms with Gasteiger partial charge in [-0.3, -0.25) is 0 Å². The zero-order chi connectivity index (χ0) is 19.5. The molecule has 4 nitrogen and oxygen atoms in total. The van der Waals surface area contributed by atoms with E-state index in [1.54, 1.807) is 29.4 Å². The first-order chi connectivity index (χ1) is 13.7. The third-order valence-corrected chi connectivity index (χ3v) is 6.19. The summed E-state index contributed by atoms with van der Waals surface area (Å²) in [5.74, 6) is 1.71. The molecule has 4 aromatic rings. The van der Waals surface area contributed by atoms with Crippen LogP contribution in [0.5, 0.6) is 5.75 Å². The Kier molecular flexibility index (Phi) is 5.50. The molecule has 2 aromatic heterocycles. The smallest absolute Gasteiger partial charge is 0.143 e. The number of thiophene rings is 1. The molecule has 0 radical (unpaired) electrons. The van der Waals surface area contributed by atoms with Crippen molar-refractivity contribution in [2.75, 3.05) is 18.2 Å². The molecule has 0 saturated heterocycles. The van der Waals surface area contributed by atoms with Crippen molar-refractivity contribution in [2.24, 2.45) is 0 Å². The van der Waals surface area contributed by atoms with Gasteiger partial charge in [0, 0.05) is 21.0 Å². The van der Waals surface area contributed by atoms with Crippen molar-refractivity contribution in [3.05, 3.63) is 59.7 Å². The maximum absolute atomic E-state index is 5.58. The Hall–Kier alpha value is -2.57. The van der Waals surface area contributed by atoms with Gasteiger partial charge >= 0.3 is 0 Å². The zero-order valence-electron chi connectivity index (χ0n) is 16.0. The fourth-order valence-corrected chi connectivity index (χ4v) is 4.68. The second-order valence-corrected chi connectivity index (χ2v) is 8.33. The normalized spacial score (nSPS) is 11.0. The van der Waals surface area contributed by atoms with Crippen molar-refractivity contribution < 1.29 is 4.74 Å². The van der Waals surface area contributed by atoms with Crippen molar-refractivity contribution in [2.45, 2.75) is 18.7 Å². The van der Waals surface area contributed by atoms with Gasteiger partial charge in [0.1, 0.15) is 22.7 Å². The number of nitrogens with zero attached hydrogens (tertiary/aromatic N) is 2. The van der Waals surface area contributed by atoms with Gasteiger partial charge in [0.15, 0.2) is 0 Å². The fourth-order valence-electron chi connectivity index (χ4n) is 3.21. The molecule has 0 bridgehead atoms. The van der Waals surface area contributed by atoms with Gasteiger partial charge in [-0.05, 0) is 56.0 Å². The molecule has 0 amide bonds. The molecular weight excluding hydrogens is 386 g/mol. The summed E-state index contributed by atoms with van der Waals surface area (Å²) in [6.07, 6.45) is 3.70. The van der Waals surface area contributed by atoms with E-state index in [2.05, 4.69) is 64.9 Å². The summed E-state index contributed by atoms with van der Waals surface area (Å²) < 4.78 is 5.58. The monoisotopic (exact) mass is 407 g/mol. The summed E-state index contributed by atoms with van der Waals surface area (Å²) in [4.78, 5) is 12.5. The number of hydrogen-bond acceptors (Lipinski definition) is 6. The molecule has 0 spiro atoms. The van der Waals surface area contributed by atoms with Crippen molar-refractivity contribution in [3.8, 4) is 16.9 Å². The van der Waals surface area contributed by atoms with E-state index < -0.39 is 0 Å². The highest BCUT2D eigenvalue weighted by Gasteiger charge is 2.17. The quantitative estimate of drug-likeness (QED) is 0.368. The van der Waals surface area contributed by atoms with Crippen molar-refractivity contribution in [3.63, 3.8) is 0 Å². The summed E-state index contributed by atoms with van der Waals surface area (Å²) in [6.45, 7) is 4.79. The van der Waals surface area contributed by atoms with Crippen LogP contribution < -0.4 is 10.1 Å². The SMILES string of the molecule is CCOc1ccc(-c2c(C)sc3ncnc(Nc4cccc(SC)c4)c23)cc1. The van der Waals surface area contributed by atoms with E-state index >= 15 is 0 Å². The van der Waals surface area contributed by atoms with Crippen LogP contribution in [0.25, 0.3) is 21.3 Å². The van der Waals surface area contributed by atoms with E-state index in [1.807, 2.05) is 19.1 Å². The number of ether oxygens (including phenoxy) is 1. The van der Waals surface area contributed by atoms with Gasteiger partial charge in [-0.2, -0.15) is 0 Å². The summed E-state index contributed by atoms with van der Waals surface area (Å²) in [6, 6.07) is 16.6. The number of rotatable bonds is 6. The van der Waals surface area contributed by atoms with Gasteiger partial charge in [0.25, 0.3) is 0 Å². The second kappa shape index (κ2) is 8.20. The van der Waals surface area contributed by atoms with Crippen LogP contribution in [-0.4, -0.2) is 22.8 Å². The highest BCUT2D eigenvalue weighted by atomic mass is 32.2. The maximum atomic E-state index is 5.58. The lowest BCUT2D eigenvalue weighted by Crippen LogP contribution is -1.96. The summed E-state index contributed by atoms with van der Waals surface area (Å²) in [5, 5.41) is 4.55. The van der Waals surface area contributed by atoms with Crippen LogP contribution in [0.2, 0.25) is 0 Å². The largest absolute Gasteiger partial charge is 0.494 e. The Morgan fingerprint density at radius 3 is 2.68 bits per heavy atom. The summed E-state index contributed by atoms with van der Waals surface area (Å²) in [5.41, 5.74) is 3.34. The molecule has 28 heavy (non-hydrogen) atoms. The molecule has 142 valence electrons. The molecule has 0 aliphatic rings. The molecule has 1 N–H and O–H groups in total. The molecule has 4 rings (SSSR count). The number of aromatic nitrogens is 2. The Bertz CT molecular complexity index is 1110. The molecule has 0 fully saturated rings. The number of thioether (sulfide) groups is 1. The topological polar surface area (TPSA) is 47.0 Å². The van der Waals surface area contributed by atoms with Crippen LogP contribution in [0.15, 0.2) is 59.8 Å². The lowest BCUT2D eigenvalue weighted by atomic mass is 10.0. The van der Waals surface area contributed by atoms with Crippen molar-refractivity contribution in [1.82, 2.24) is 9.97 Å². The average Bonchev–Trinajstić information content (AvgIpc) is 3.06. The third kappa shape index (κ3) is 3.70. The lowest BCUT2D eigenvalue weighted by molar-refractivity contribution is 0.340. The van der Waals surface area contributed by atoms with Crippen LogP contribution >= 0.6 is 23.1 Å². The minimum atomic E-state index is 0.663. The second-order valence-electron chi connectivity index (χ2n) is 6.25. The zero-order valence-corrected chi connectivity index (χ0v) is 17.7. The first kappa shape index (κ1) is 18.8. The van der Waals surface area contributed by atoms with E-state index in [0.29, 0.717) is 6.61 Å². The first-order valence-corrected chi connectivity index (χ1v) is 11.1. The van der Waals surface area contributed by atoms with Crippen LogP contribution in [0.3, 0.4) is 0 Å². The Balaban J connectivity index is 1.80. The van der Waals surface area contributed by atoms with E-state index in [-0.39, 0.29) is 0 Å². The Morgan fingerprint density at radius 1 is 1.11 bits per heavy atom. The van der Waals surface area contributed by atoms with Crippen molar-refractivity contribution in [1.29, 1.82) is 0 Å². The average molecular weight is 408 g/mol. The minimum absolute atomic E-state index is 0.663. The highest BCUT2D eigenvalue weighted by molar-refractivity contribution is 7.98. The van der Waals surface area contributed by atoms with Gasteiger partial charge in [-0.25, -0.2) is 9.97 Å². The Labute approximate surface area is 173 Å². The molecule has 0 saturated carbocycles. The van der Waals surface area contributed by atoms with E-state index in [0.717, 1.165) is 33.0 Å².